The van der Waals surface area contributed by atoms with Gasteiger partial charge in [0.1, 0.15) is 11.5 Å². The number of amides is 1. The summed E-state index contributed by atoms with van der Waals surface area (Å²) < 4.78 is 5.47. The Morgan fingerprint density at radius 2 is 1.86 bits per heavy atom. The van der Waals surface area contributed by atoms with Gasteiger partial charge in [-0.1, -0.05) is 30.3 Å². The highest BCUT2D eigenvalue weighted by molar-refractivity contribution is 5.86. The quantitative estimate of drug-likeness (QED) is 0.654. The van der Waals surface area contributed by atoms with Gasteiger partial charge >= 0.3 is 0 Å². The third kappa shape index (κ3) is 4.35. The van der Waals surface area contributed by atoms with E-state index in [0.717, 1.165) is 0 Å². The lowest BCUT2D eigenvalue weighted by atomic mass is 10.2. The van der Waals surface area contributed by atoms with Gasteiger partial charge in [0.15, 0.2) is 6.10 Å². The second-order valence-corrected chi connectivity index (χ2v) is 4.37. The normalized spacial score (nSPS) is 12.0. The van der Waals surface area contributed by atoms with E-state index in [9.17, 15) is 9.90 Å². The van der Waals surface area contributed by atoms with Gasteiger partial charge < -0.3 is 9.84 Å². The first-order chi connectivity index (χ1) is 10.2. The topological polar surface area (TPSA) is 70.9 Å². The second kappa shape index (κ2) is 7.09. The molecule has 108 valence electrons. The van der Waals surface area contributed by atoms with Crippen molar-refractivity contribution in [3.8, 4) is 11.5 Å². The highest BCUT2D eigenvalue weighted by Crippen LogP contribution is 2.13. The van der Waals surface area contributed by atoms with Crippen molar-refractivity contribution >= 4 is 12.1 Å². The molecule has 0 bridgehead atoms. The molecule has 2 aromatic rings. The molecule has 0 heterocycles. The predicted molar refractivity (Wildman–Crippen MR) is 80.4 cm³/mol. The number of para-hydroxylation sites is 2. The Balaban J connectivity index is 1.88. The fraction of sp³-hybridized carbons (Fsp3) is 0.125. The van der Waals surface area contributed by atoms with Crippen molar-refractivity contribution in [2.75, 3.05) is 0 Å². The summed E-state index contributed by atoms with van der Waals surface area (Å²) in [6.07, 6.45) is 0.705. The number of nitrogens with one attached hydrogen (secondary N) is 1. The van der Waals surface area contributed by atoms with E-state index in [1.807, 2.05) is 18.2 Å². The minimum atomic E-state index is -0.672. The van der Waals surface area contributed by atoms with Crippen molar-refractivity contribution in [2.24, 2.45) is 5.10 Å². The Morgan fingerprint density at radius 3 is 2.57 bits per heavy atom. The van der Waals surface area contributed by atoms with E-state index < -0.39 is 6.10 Å². The zero-order chi connectivity index (χ0) is 15.1. The van der Waals surface area contributed by atoms with Gasteiger partial charge in [-0.05, 0) is 31.2 Å². The molecule has 1 atom stereocenters. The van der Waals surface area contributed by atoms with Crippen LogP contribution in [0.15, 0.2) is 59.7 Å². The molecular formula is C16H16N2O3. The van der Waals surface area contributed by atoms with Crippen LogP contribution in [-0.4, -0.2) is 23.3 Å². The van der Waals surface area contributed by atoms with Crippen LogP contribution < -0.4 is 10.2 Å². The highest BCUT2D eigenvalue weighted by Gasteiger charge is 2.13. The van der Waals surface area contributed by atoms with Crippen LogP contribution in [0.25, 0.3) is 0 Å². The molecule has 0 unspecified atom stereocenters. The molecule has 5 heteroatoms. The number of aromatic hydroxyl groups is 1. The van der Waals surface area contributed by atoms with Crippen molar-refractivity contribution in [3.05, 3.63) is 60.2 Å². The van der Waals surface area contributed by atoms with E-state index in [0.29, 0.717) is 11.3 Å². The van der Waals surface area contributed by atoms with Crippen LogP contribution in [0.4, 0.5) is 0 Å². The summed E-state index contributed by atoms with van der Waals surface area (Å²) in [5, 5.41) is 13.4. The van der Waals surface area contributed by atoms with Crippen LogP contribution in [-0.2, 0) is 4.79 Å². The van der Waals surface area contributed by atoms with Gasteiger partial charge in [-0.2, -0.15) is 5.10 Å². The lowest BCUT2D eigenvalue weighted by Crippen LogP contribution is -2.33. The Morgan fingerprint density at radius 1 is 1.19 bits per heavy atom. The molecule has 0 spiro atoms. The maximum atomic E-state index is 11.8. The molecule has 0 aromatic heterocycles. The molecule has 0 aliphatic carbocycles. The van der Waals surface area contributed by atoms with Gasteiger partial charge in [0.25, 0.3) is 5.91 Å². The Hall–Kier alpha value is -2.82. The standard InChI is InChI=1S/C16H16N2O3/c1-12(21-14-8-3-2-4-9-14)16(20)18-17-11-13-7-5-6-10-15(13)19/h2-12,19H,1H3,(H,18,20)/b17-11-/t12-/m0/s1. The number of ether oxygens (including phenoxy) is 1. The Kier molecular flexibility index (Phi) is 4.93. The first kappa shape index (κ1) is 14.6. The average Bonchev–Trinajstić information content (AvgIpc) is 2.50. The van der Waals surface area contributed by atoms with Crippen LogP contribution in [0.3, 0.4) is 0 Å². The second-order valence-electron chi connectivity index (χ2n) is 4.37. The average molecular weight is 284 g/mol. The first-order valence-electron chi connectivity index (χ1n) is 6.49. The number of hydrogen-bond donors (Lipinski definition) is 2. The number of carbonyl (C=O) groups is 1. The van der Waals surface area contributed by atoms with Crippen molar-refractivity contribution in [1.29, 1.82) is 0 Å². The van der Waals surface area contributed by atoms with Crippen molar-refractivity contribution < 1.29 is 14.6 Å². The summed E-state index contributed by atoms with van der Waals surface area (Å²) in [5.41, 5.74) is 2.90. The van der Waals surface area contributed by atoms with Gasteiger partial charge in [-0.15, -0.1) is 0 Å². The highest BCUT2D eigenvalue weighted by atomic mass is 16.5. The maximum Gasteiger partial charge on any atom is 0.280 e. The van der Waals surface area contributed by atoms with E-state index in [1.165, 1.54) is 6.21 Å². The van der Waals surface area contributed by atoms with Crippen LogP contribution in [0.2, 0.25) is 0 Å². The van der Waals surface area contributed by atoms with Crippen LogP contribution in [0.1, 0.15) is 12.5 Å². The predicted octanol–water partition coefficient (Wildman–Crippen LogP) is 2.31. The molecule has 0 saturated heterocycles. The fourth-order valence-corrected chi connectivity index (χ4v) is 1.61. The number of benzene rings is 2. The molecule has 0 aliphatic rings. The molecule has 0 saturated carbocycles. The van der Waals surface area contributed by atoms with Crippen LogP contribution in [0, 0.1) is 0 Å². The number of nitrogens with zero attached hydrogens (tertiary/aromatic N) is 1. The monoisotopic (exact) mass is 284 g/mol. The fourth-order valence-electron chi connectivity index (χ4n) is 1.61. The van der Waals surface area contributed by atoms with Gasteiger partial charge in [0.05, 0.1) is 6.21 Å². The minimum Gasteiger partial charge on any atom is -0.507 e. The number of hydrazone groups is 1. The van der Waals surface area contributed by atoms with Crippen molar-refractivity contribution in [2.45, 2.75) is 13.0 Å². The van der Waals surface area contributed by atoms with Gasteiger partial charge in [0, 0.05) is 5.56 Å². The molecule has 1 amide bonds. The molecule has 5 nitrogen and oxygen atoms in total. The third-order valence-corrected chi connectivity index (χ3v) is 2.74. The molecule has 2 aromatic carbocycles. The van der Waals surface area contributed by atoms with Crippen molar-refractivity contribution in [1.82, 2.24) is 5.43 Å². The van der Waals surface area contributed by atoms with Crippen LogP contribution >= 0.6 is 0 Å². The summed E-state index contributed by atoms with van der Waals surface area (Å²) >= 11 is 0. The molecule has 21 heavy (non-hydrogen) atoms. The molecule has 0 fully saturated rings. The summed E-state index contributed by atoms with van der Waals surface area (Å²) in [5.74, 6) is 0.347. The number of phenolic OH excluding ortho intramolecular Hbond substituents is 1. The van der Waals surface area contributed by atoms with Gasteiger partial charge in [-0.3, -0.25) is 4.79 Å². The SMILES string of the molecule is C[C@H](Oc1ccccc1)C(=O)N/N=C\c1ccccc1O. The zero-order valence-electron chi connectivity index (χ0n) is 11.6. The molecule has 2 N–H and O–H groups in total. The Labute approximate surface area is 122 Å². The van der Waals surface area contributed by atoms with E-state index in [-0.39, 0.29) is 11.7 Å². The van der Waals surface area contributed by atoms with Crippen LogP contribution in [0.5, 0.6) is 11.5 Å². The van der Waals surface area contributed by atoms with E-state index in [1.54, 1.807) is 43.3 Å². The lowest BCUT2D eigenvalue weighted by molar-refractivity contribution is -0.127. The third-order valence-electron chi connectivity index (χ3n) is 2.74. The van der Waals surface area contributed by atoms with Crippen molar-refractivity contribution in [3.63, 3.8) is 0 Å². The largest absolute Gasteiger partial charge is 0.507 e. The molecule has 0 aliphatic heterocycles. The number of rotatable bonds is 5. The number of phenols is 1. The van der Waals surface area contributed by atoms with Gasteiger partial charge in [-0.25, -0.2) is 5.43 Å². The first-order valence-corrected chi connectivity index (χ1v) is 6.49. The van der Waals surface area contributed by atoms with Gasteiger partial charge in [0.2, 0.25) is 0 Å². The summed E-state index contributed by atoms with van der Waals surface area (Å²) in [6.45, 7) is 1.64. The summed E-state index contributed by atoms with van der Waals surface area (Å²) in [6, 6.07) is 15.8. The summed E-state index contributed by atoms with van der Waals surface area (Å²) in [4.78, 5) is 11.8. The zero-order valence-corrected chi connectivity index (χ0v) is 11.6. The summed E-state index contributed by atoms with van der Waals surface area (Å²) in [7, 11) is 0. The number of carbonyl (C=O) groups excluding carboxylic acids is 1. The maximum absolute atomic E-state index is 11.8. The minimum absolute atomic E-state index is 0.101. The number of hydrogen-bond acceptors (Lipinski definition) is 4. The smallest absolute Gasteiger partial charge is 0.280 e. The van der Waals surface area contributed by atoms with E-state index >= 15 is 0 Å². The van der Waals surface area contributed by atoms with E-state index in [2.05, 4.69) is 10.5 Å². The molecule has 2 rings (SSSR count). The Bertz CT molecular complexity index is 626. The molecular weight excluding hydrogens is 268 g/mol. The van der Waals surface area contributed by atoms with E-state index in [4.69, 9.17) is 4.74 Å². The lowest BCUT2D eigenvalue weighted by Gasteiger charge is -2.12. The molecule has 0 radical (unpaired) electrons.